The van der Waals surface area contributed by atoms with Gasteiger partial charge in [-0.1, -0.05) is 24.6 Å². The van der Waals surface area contributed by atoms with Crippen molar-refractivity contribution in [1.29, 1.82) is 0 Å². The van der Waals surface area contributed by atoms with E-state index < -0.39 is 0 Å². The molecule has 0 N–H and O–H groups in total. The molecule has 0 aliphatic heterocycles. The Bertz CT molecular complexity index is 664. The summed E-state index contributed by atoms with van der Waals surface area (Å²) in [5.41, 5.74) is 0.652. The van der Waals surface area contributed by atoms with Crippen molar-refractivity contribution < 1.29 is 0 Å². The van der Waals surface area contributed by atoms with Crippen LogP contribution in [0, 0.1) is 0 Å². The second kappa shape index (κ2) is 6.37. The number of rotatable bonds is 5. The molecule has 20 heavy (non-hydrogen) atoms. The lowest BCUT2D eigenvalue weighted by Crippen LogP contribution is -2.27. The van der Waals surface area contributed by atoms with Crippen LogP contribution in [0.3, 0.4) is 0 Å². The van der Waals surface area contributed by atoms with Crippen LogP contribution in [0.25, 0.3) is 10.9 Å². The van der Waals surface area contributed by atoms with Crippen LogP contribution in [0.15, 0.2) is 23.0 Å². The van der Waals surface area contributed by atoms with Crippen molar-refractivity contribution in [3.8, 4) is 0 Å². The predicted molar refractivity (Wildman–Crippen MR) is 83.6 cm³/mol. The SMILES string of the molecule is CCc1nc2cccc(Cl)c2c(=O)n1CCCN(C)C. The van der Waals surface area contributed by atoms with E-state index in [1.165, 1.54) is 0 Å². The first-order valence-electron chi connectivity index (χ1n) is 6.87. The van der Waals surface area contributed by atoms with Crippen molar-refractivity contribution in [3.63, 3.8) is 0 Å². The van der Waals surface area contributed by atoms with Crippen LogP contribution < -0.4 is 5.56 Å². The zero-order valence-electron chi connectivity index (χ0n) is 12.2. The van der Waals surface area contributed by atoms with E-state index in [9.17, 15) is 4.79 Å². The summed E-state index contributed by atoms with van der Waals surface area (Å²) >= 11 is 6.15. The molecule has 2 aromatic rings. The summed E-state index contributed by atoms with van der Waals surface area (Å²) in [4.78, 5) is 19.3. The van der Waals surface area contributed by atoms with Crippen molar-refractivity contribution in [2.45, 2.75) is 26.3 Å². The van der Waals surface area contributed by atoms with Crippen LogP contribution in [-0.2, 0) is 13.0 Å². The second-order valence-electron chi connectivity index (χ2n) is 5.13. The molecule has 2 rings (SSSR count). The van der Waals surface area contributed by atoms with Gasteiger partial charge in [0.25, 0.3) is 5.56 Å². The van der Waals surface area contributed by atoms with Crippen molar-refractivity contribution in [2.24, 2.45) is 0 Å². The lowest BCUT2D eigenvalue weighted by Gasteiger charge is -2.14. The van der Waals surface area contributed by atoms with Gasteiger partial charge in [0.15, 0.2) is 0 Å². The molecule has 0 aliphatic carbocycles. The highest BCUT2D eigenvalue weighted by Crippen LogP contribution is 2.19. The summed E-state index contributed by atoms with van der Waals surface area (Å²) in [5, 5.41) is 1.00. The number of hydrogen-bond acceptors (Lipinski definition) is 3. The van der Waals surface area contributed by atoms with Gasteiger partial charge in [0.05, 0.1) is 15.9 Å². The van der Waals surface area contributed by atoms with Gasteiger partial charge in [-0.25, -0.2) is 4.98 Å². The van der Waals surface area contributed by atoms with Crippen LogP contribution in [0.4, 0.5) is 0 Å². The molecular weight excluding hydrogens is 274 g/mol. The summed E-state index contributed by atoms with van der Waals surface area (Å²) in [6.07, 6.45) is 1.65. The molecule has 0 unspecified atom stereocenters. The standard InChI is InChI=1S/C15H20ClN3O/c1-4-13-17-12-8-5-7-11(16)14(12)15(20)19(13)10-6-9-18(2)3/h5,7-8H,4,6,9-10H2,1-3H3. The molecule has 0 radical (unpaired) electrons. The number of halogens is 1. The molecule has 5 heteroatoms. The van der Waals surface area contributed by atoms with Gasteiger partial charge in [-0.15, -0.1) is 0 Å². The van der Waals surface area contributed by atoms with Gasteiger partial charge in [-0.05, 0) is 39.2 Å². The number of aromatic nitrogens is 2. The average molecular weight is 294 g/mol. The zero-order valence-corrected chi connectivity index (χ0v) is 12.9. The van der Waals surface area contributed by atoms with Gasteiger partial charge >= 0.3 is 0 Å². The smallest absolute Gasteiger partial charge is 0.262 e. The molecule has 1 aromatic carbocycles. The topological polar surface area (TPSA) is 38.1 Å². The first-order valence-corrected chi connectivity index (χ1v) is 7.25. The molecule has 0 bridgehead atoms. The minimum atomic E-state index is -0.0313. The summed E-state index contributed by atoms with van der Waals surface area (Å²) in [5.74, 6) is 0.823. The molecule has 0 atom stereocenters. The Morgan fingerprint density at radius 3 is 2.75 bits per heavy atom. The van der Waals surface area contributed by atoms with Crippen LogP contribution in [0.1, 0.15) is 19.2 Å². The Balaban J connectivity index is 2.49. The fourth-order valence-electron chi connectivity index (χ4n) is 2.31. The van der Waals surface area contributed by atoms with Gasteiger partial charge in [-0.3, -0.25) is 9.36 Å². The Morgan fingerprint density at radius 1 is 1.35 bits per heavy atom. The van der Waals surface area contributed by atoms with Crippen LogP contribution >= 0.6 is 11.6 Å². The quantitative estimate of drug-likeness (QED) is 0.850. The van der Waals surface area contributed by atoms with E-state index in [1.54, 1.807) is 10.6 Å². The molecular formula is C15H20ClN3O. The van der Waals surface area contributed by atoms with E-state index in [2.05, 4.69) is 9.88 Å². The molecule has 1 aromatic heterocycles. The summed E-state index contributed by atoms with van der Waals surface area (Å²) in [6, 6.07) is 5.40. The maximum Gasteiger partial charge on any atom is 0.262 e. The first kappa shape index (κ1) is 15.0. The predicted octanol–water partition coefficient (Wildman–Crippen LogP) is 2.56. The molecule has 4 nitrogen and oxygen atoms in total. The average Bonchev–Trinajstić information content (AvgIpc) is 2.40. The van der Waals surface area contributed by atoms with Gasteiger partial charge in [0.2, 0.25) is 0 Å². The van der Waals surface area contributed by atoms with Crippen molar-refractivity contribution in [3.05, 3.63) is 39.4 Å². The normalized spacial score (nSPS) is 11.4. The maximum absolute atomic E-state index is 12.6. The highest BCUT2D eigenvalue weighted by Gasteiger charge is 2.12. The number of nitrogens with zero attached hydrogens (tertiary/aromatic N) is 3. The molecule has 108 valence electrons. The summed E-state index contributed by atoms with van der Waals surface area (Å²) in [6.45, 7) is 3.63. The number of aryl methyl sites for hydroxylation is 1. The second-order valence-corrected chi connectivity index (χ2v) is 5.54. The van der Waals surface area contributed by atoms with E-state index in [4.69, 9.17) is 11.6 Å². The van der Waals surface area contributed by atoms with E-state index in [0.29, 0.717) is 22.5 Å². The van der Waals surface area contributed by atoms with Gasteiger partial charge in [0.1, 0.15) is 5.82 Å². The minimum Gasteiger partial charge on any atom is -0.309 e. The monoisotopic (exact) mass is 293 g/mol. The third-order valence-electron chi connectivity index (χ3n) is 3.31. The molecule has 0 aliphatic rings. The van der Waals surface area contributed by atoms with Gasteiger partial charge in [-0.2, -0.15) is 0 Å². The zero-order chi connectivity index (χ0) is 14.7. The Hall–Kier alpha value is -1.39. The van der Waals surface area contributed by atoms with Crippen molar-refractivity contribution >= 4 is 22.5 Å². The number of fused-ring (bicyclic) bond motifs is 1. The third-order valence-corrected chi connectivity index (χ3v) is 3.63. The lowest BCUT2D eigenvalue weighted by molar-refractivity contribution is 0.382. The lowest BCUT2D eigenvalue weighted by atomic mass is 10.2. The fraction of sp³-hybridized carbons (Fsp3) is 0.467. The van der Waals surface area contributed by atoms with E-state index >= 15 is 0 Å². The molecule has 1 heterocycles. The summed E-state index contributed by atoms with van der Waals surface area (Å²) < 4.78 is 1.76. The van der Waals surface area contributed by atoms with Gasteiger partial charge in [0, 0.05) is 13.0 Å². The molecule has 0 spiro atoms. The van der Waals surface area contributed by atoms with Crippen LogP contribution in [0.2, 0.25) is 5.02 Å². The Labute approximate surface area is 124 Å². The Kier molecular flexibility index (Phi) is 4.78. The van der Waals surface area contributed by atoms with E-state index in [1.807, 2.05) is 33.2 Å². The largest absolute Gasteiger partial charge is 0.309 e. The van der Waals surface area contributed by atoms with Crippen LogP contribution in [-0.4, -0.2) is 35.1 Å². The first-order chi connectivity index (χ1) is 9.54. The highest BCUT2D eigenvalue weighted by atomic mass is 35.5. The summed E-state index contributed by atoms with van der Waals surface area (Å²) in [7, 11) is 4.05. The van der Waals surface area contributed by atoms with Crippen LogP contribution in [0.5, 0.6) is 0 Å². The molecule has 0 amide bonds. The molecule has 0 saturated carbocycles. The highest BCUT2D eigenvalue weighted by molar-refractivity contribution is 6.35. The van der Waals surface area contributed by atoms with Crippen molar-refractivity contribution in [1.82, 2.24) is 14.5 Å². The number of benzene rings is 1. The van der Waals surface area contributed by atoms with E-state index in [-0.39, 0.29) is 5.56 Å². The maximum atomic E-state index is 12.6. The van der Waals surface area contributed by atoms with E-state index in [0.717, 1.165) is 25.2 Å². The molecule has 0 saturated heterocycles. The number of hydrogen-bond donors (Lipinski definition) is 0. The Morgan fingerprint density at radius 2 is 2.10 bits per heavy atom. The fourth-order valence-corrected chi connectivity index (χ4v) is 2.57. The van der Waals surface area contributed by atoms with Crippen molar-refractivity contribution in [2.75, 3.05) is 20.6 Å². The minimum absolute atomic E-state index is 0.0313. The molecule has 0 fully saturated rings. The van der Waals surface area contributed by atoms with Gasteiger partial charge < -0.3 is 4.90 Å². The third kappa shape index (κ3) is 3.02.